The number of carbonyl (C=O) groups is 1. The molecule has 1 unspecified atom stereocenters. The van der Waals surface area contributed by atoms with Crippen molar-refractivity contribution in [2.45, 2.75) is 18.8 Å². The van der Waals surface area contributed by atoms with Gasteiger partial charge in [0.2, 0.25) is 0 Å². The molecule has 0 saturated carbocycles. The zero-order chi connectivity index (χ0) is 17.1. The largest absolute Gasteiger partial charge is 0.493 e. The molecule has 0 fully saturated rings. The van der Waals surface area contributed by atoms with Gasteiger partial charge in [0, 0.05) is 5.56 Å². The lowest BCUT2D eigenvalue weighted by Gasteiger charge is -2.25. The highest BCUT2D eigenvalue weighted by Gasteiger charge is 2.33. The summed E-state index contributed by atoms with van der Waals surface area (Å²) < 4.78 is 10.5. The van der Waals surface area contributed by atoms with Crippen molar-refractivity contribution in [3.05, 3.63) is 59.2 Å². The van der Waals surface area contributed by atoms with Gasteiger partial charge >= 0.3 is 0 Å². The van der Waals surface area contributed by atoms with Crippen LogP contribution in [0.2, 0.25) is 0 Å². The third kappa shape index (κ3) is 2.73. The van der Waals surface area contributed by atoms with Gasteiger partial charge in [-0.05, 0) is 42.2 Å². The first kappa shape index (κ1) is 16.1. The van der Waals surface area contributed by atoms with E-state index in [2.05, 4.69) is 5.16 Å². The number of aryl methyl sites for hydroxylation is 1. The number of Topliss-reactive ketones (excluding diaryl/α,β-unsaturated/α-hetero) is 1. The molecule has 2 aromatic rings. The number of hydrogen-bond donors (Lipinski definition) is 1. The Morgan fingerprint density at radius 3 is 2.54 bits per heavy atom. The maximum absolute atomic E-state index is 13.1. The SMILES string of the molecule is COc1ccc(C(=O)C2/C(=N\O)CCc3ccccc32)cc1OC. The summed E-state index contributed by atoms with van der Waals surface area (Å²) in [6.45, 7) is 0. The molecular weight excluding hydrogens is 306 g/mol. The molecule has 0 heterocycles. The fourth-order valence-corrected chi connectivity index (χ4v) is 3.19. The standard InChI is InChI=1S/C19H19NO4/c1-23-16-10-8-13(11-17(16)24-2)19(21)18-14-6-4-3-5-12(14)7-9-15(18)20-22/h3-6,8,10-11,18,22H,7,9H2,1-2H3/b20-15-. The van der Waals surface area contributed by atoms with Crippen LogP contribution in [0.5, 0.6) is 11.5 Å². The summed E-state index contributed by atoms with van der Waals surface area (Å²) in [5.74, 6) is 0.373. The van der Waals surface area contributed by atoms with Crippen molar-refractivity contribution in [3.8, 4) is 11.5 Å². The van der Waals surface area contributed by atoms with Crippen molar-refractivity contribution < 1.29 is 19.5 Å². The normalized spacial score (nSPS) is 18.1. The Balaban J connectivity index is 2.05. The minimum atomic E-state index is -0.571. The maximum atomic E-state index is 13.1. The highest BCUT2D eigenvalue weighted by Crippen LogP contribution is 2.35. The van der Waals surface area contributed by atoms with E-state index in [1.807, 2.05) is 24.3 Å². The molecule has 1 atom stereocenters. The Bertz CT molecular complexity index is 798. The summed E-state index contributed by atoms with van der Waals surface area (Å²) in [6, 6.07) is 12.9. The lowest BCUT2D eigenvalue weighted by atomic mass is 9.77. The van der Waals surface area contributed by atoms with Crippen molar-refractivity contribution in [3.63, 3.8) is 0 Å². The Labute approximate surface area is 140 Å². The third-order valence-corrected chi connectivity index (χ3v) is 4.41. The fraction of sp³-hybridized carbons (Fsp3) is 0.263. The number of ether oxygens (including phenoxy) is 2. The molecule has 0 aromatic heterocycles. The molecule has 0 radical (unpaired) electrons. The van der Waals surface area contributed by atoms with Gasteiger partial charge in [-0.1, -0.05) is 29.4 Å². The van der Waals surface area contributed by atoms with Crippen LogP contribution in [-0.2, 0) is 6.42 Å². The van der Waals surface area contributed by atoms with E-state index in [0.29, 0.717) is 29.2 Å². The molecule has 1 aliphatic carbocycles. The van der Waals surface area contributed by atoms with Gasteiger partial charge in [-0.2, -0.15) is 0 Å². The zero-order valence-electron chi connectivity index (χ0n) is 13.7. The van der Waals surface area contributed by atoms with E-state index >= 15 is 0 Å². The first-order valence-corrected chi connectivity index (χ1v) is 7.74. The number of methoxy groups -OCH3 is 2. The molecule has 3 rings (SSSR count). The average Bonchev–Trinajstić information content (AvgIpc) is 2.65. The number of nitrogens with zero attached hydrogens (tertiary/aromatic N) is 1. The van der Waals surface area contributed by atoms with Gasteiger partial charge < -0.3 is 14.7 Å². The lowest BCUT2D eigenvalue weighted by Crippen LogP contribution is -2.27. The van der Waals surface area contributed by atoms with E-state index in [1.165, 1.54) is 7.11 Å². The van der Waals surface area contributed by atoms with Gasteiger partial charge in [-0.15, -0.1) is 0 Å². The first-order chi connectivity index (χ1) is 11.7. The summed E-state index contributed by atoms with van der Waals surface area (Å²) in [7, 11) is 3.08. The van der Waals surface area contributed by atoms with E-state index < -0.39 is 5.92 Å². The van der Waals surface area contributed by atoms with Crippen LogP contribution in [0.15, 0.2) is 47.6 Å². The number of benzene rings is 2. The lowest BCUT2D eigenvalue weighted by molar-refractivity contribution is 0.0978. The molecule has 5 nitrogen and oxygen atoms in total. The summed E-state index contributed by atoms with van der Waals surface area (Å²) in [6.07, 6.45) is 1.34. The number of fused-ring (bicyclic) bond motifs is 1. The maximum Gasteiger partial charge on any atom is 0.176 e. The summed E-state index contributed by atoms with van der Waals surface area (Å²) in [5.41, 5.74) is 3.00. The van der Waals surface area contributed by atoms with Gasteiger partial charge in [0.25, 0.3) is 0 Å². The van der Waals surface area contributed by atoms with Crippen LogP contribution >= 0.6 is 0 Å². The van der Waals surface area contributed by atoms with Crippen LogP contribution in [0.3, 0.4) is 0 Å². The molecule has 0 aliphatic heterocycles. The van der Waals surface area contributed by atoms with E-state index in [4.69, 9.17) is 9.47 Å². The first-order valence-electron chi connectivity index (χ1n) is 7.74. The molecule has 0 saturated heterocycles. The van der Waals surface area contributed by atoms with Crippen LogP contribution < -0.4 is 9.47 Å². The molecule has 24 heavy (non-hydrogen) atoms. The van der Waals surface area contributed by atoms with Crippen molar-refractivity contribution in [2.75, 3.05) is 14.2 Å². The van der Waals surface area contributed by atoms with Gasteiger partial charge in [0.05, 0.1) is 25.8 Å². The van der Waals surface area contributed by atoms with E-state index in [1.54, 1.807) is 25.3 Å². The van der Waals surface area contributed by atoms with E-state index in [-0.39, 0.29) is 5.78 Å². The van der Waals surface area contributed by atoms with Crippen LogP contribution in [0.4, 0.5) is 0 Å². The van der Waals surface area contributed by atoms with Crippen LogP contribution in [0.25, 0.3) is 0 Å². The second-order valence-electron chi connectivity index (χ2n) is 5.66. The number of carbonyl (C=O) groups excluding carboxylic acids is 1. The molecule has 2 aromatic carbocycles. The smallest absolute Gasteiger partial charge is 0.176 e. The van der Waals surface area contributed by atoms with Crippen molar-refractivity contribution >= 4 is 11.5 Å². The van der Waals surface area contributed by atoms with Gasteiger partial charge in [0.1, 0.15) is 0 Å². The highest BCUT2D eigenvalue weighted by atomic mass is 16.5. The summed E-state index contributed by atoms with van der Waals surface area (Å²) >= 11 is 0. The molecular formula is C19H19NO4. The number of hydrogen-bond acceptors (Lipinski definition) is 5. The van der Waals surface area contributed by atoms with Gasteiger partial charge in [0.15, 0.2) is 17.3 Å². The van der Waals surface area contributed by atoms with Crippen LogP contribution in [-0.4, -0.2) is 30.9 Å². The second-order valence-corrected chi connectivity index (χ2v) is 5.66. The monoisotopic (exact) mass is 325 g/mol. The van der Waals surface area contributed by atoms with Crippen molar-refractivity contribution in [1.29, 1.82) is 0 Å². The number of ketones is 1. The predicted molar refractivity (Wildman–Crippen MR) is 90.6 cm³/mol. The quantitative estimate of drug-likeness (QED) is 0.531. The molecule has 1 aliphatic rings. The predicted octanol–water partition coefficient (Wildman–Crippen LogP) is 3.45. The molecule has 0 amide bonds. The minimum Gasteiger partial charge on any atom is -0.493 e. The molecule has 124 valence electrons. The summed E-state index contributed by atoms with van der Waals surface area (Å²) in [4.78, 5) is 13.1. The summed E-state index contributed by atoms with van der Waals surface area (Å²) in [5, 5.41) is 12.7. The highest BCUT2D eigenvalue weighted by molar-refractivity contribution is 6.17. The van der Waals surface area contributed by atoms with Gasteiger partial charge in [-0.3, -0.25) is 4.79 Å². The fourth-order valence-electron chi connectivity index (χ4n) is 3.19. The minimum absolute atomic E-state index is 0.115. The Morgan fingerprint density at radius 2 is 1.83 bits per heavy atom. The molecule has 1 N–H and O–H groups in total. The molecule has 0 spiro atoms. The van der Waals surface area contributed by atoms with E-state index in [9.17, 15) is 10.0 Å². The number of rotatable bonds is 4. The average molecular weight is 325 g/mol. The van der Waals surface area contributed by atoms with E-state index in [0.717, 1.165) is 17.5 Å². The zero-order valence-corrected chi connectivity index (χ0v) is 13.7. The molecule has 5 heteroatoms. The Morgan fingerprint density at radius 1 is 1.08 bits per heavy atom. The number of oxime groups is 1. The van der Waals surface area contributed by atoms with Crippen LogP contribution in [0, 0.1) is 0 Å². The second kappa shape index (κ2) is 6.74. The Hall–Kier alpha value is -2.82. The Kier molecular flexibility index (Phi) is 4.51. The molecule has 0 bridgehead atoms. The topological polar surface area (TPSA) is 68.1 Å². The van der Waals surface area contributed by atoms with Crippen molar-refractivity contribution in [2.24, 2.45) is 5.16 Å². The van der Waals surface area contributed by atoms with Gasteiger partial charge in [-0.25, -0.2) is 0 Å². The van der Waals surface area contributed by atoms with Crippen molar-refractivity contribution in [1.82, 2.24) is 0 Å². The van der Waals surface area contributed by atoms with Crippen LogP contribution in [0.1, 0.15) is 33.8 Å². The third-order valence-electron chi connectivity index (χ3n) is 4.41.